The van der Waals surface area contributed by atoms with Crippen molar-refractivity contribution in [2.24, 2.45) is 0 Å². The molecule has 1 aromatic heterocycles. The van der Waals surface area contributed by atoms with Crippen LogP contribution in [-0.4, -0.2) is 10.2 Å². The normalized spacial score (nSPS) is 11.8. The number of rotatable bonds is 1. The fourth-order valence-corrected chi connectivity index (χ4v) is 1.34. The van der Waals surface area contributed by atoms with Crippen molar-refractivity contribution in [2.75, 3.05) is 0 Å². The third-order valence-corrected chi connectivity index (χ3v) is 2.37. The predicted molar refractivity (Wildman–Crippen MR) is 63.2 cm³/mol. The Morgan fingerprint density at radius 3 is 2.12 bits per heavy atom. The zero-order chi connectivity index (χ0) is 11.8. The fourth-order valence-electron chi connectivity index (χ4n) is 1.34. The highest BCUT2D eigenvalue weighted by atomic mass is 16.4. The van der Waals surface area contributed by atoms with Crippen molar-refractivity contribution in [1.82, 2.24) is 10.2 Å². The lowest BCUT2D eigenvalue weighted by molar-refractivity contribution is 0.399. The molecule has 0 amide bonds. The molecule has 0 saturated carbocycles. The van der Waals surface area contributed by atoms with Crippen LogP contribution >= 0.6 is 0 Å². The number of aryl methyl sites for hydroxylation is 1. The molecule has 0 radical (unpaired) electrons. The van der Waals surface area contributed by atoms with Gasteiger partial charge in [-0.05, 0) is 19.1 Å². The second-order valence-corrected chi connectivity index (χ2v) is 5.03. The molecule has 84 valence electrons. The van der Waals surface area contributed by atoms with E-state index < -0.39 is 0 Å². The topological polar surface area (TPSA) is 38.9 Å². The van der Waals surface area contributed by atoms with E-state index in [0.29, 0.717) is 11.8 Å². The molecule has 0 aliphatic heterocycles. The molecule has 0 atom stereocenters. The molecule has 0 unspecified atom stereocenters. The Labute approximate surface area is 95.5 Å². The molecular formula is C13H16N2O. The van der Waals surface area contributed by atoms with Crippen molar-refractivity contribution < 1.29 is 4.42 Å². The third-order valence-electron chi connectivity index (χ3n) is 2.37. The van der Waals surface area contributed by atoms with E-state index in [1.54, 1.807) is 0 Å². The van der Waals surface area contributed by atoms with Crippen molar-refractivity contribution in [3.05, 3.63) is 35.7 Å². The smallest absolute Gasteiger partial charge is 0.247 e. The van der Waals surface area contributed by atoms with Crippen LogP contribution in [0.25, 0.3) is 11.5 Å². The molecule has 0 bridgehead atoms. The fraction of sp³-hybridized carbons (Fsp3) is 0.385. The van der Waals surface area contributed by atoms with Crippen LogP contribution < -0.4 is 0 Å². The molecular weight excluding hydrogens is 200 g/mol. The van der Waals surface area contributed by atoms with Crippen LogP contribution in [0.3, 0.4) is 0 Å². The lowest BCUT2D eigenvalue weighted by Gasteiger charge is -2.10. The molecule has 0 fully saturated rings. The van der Waals surface area contributed by atoms with Crippen molar-refractivity contribution >= 4 is 0 Å². The van der Waals surface area contributed by atoms with Crippen LogP contribution in [0.4, 0.5) is 0 Å². The molecule has 3 heteroatoms. The van der Waals surface area contributed by atoms with Gasteiger partial charge < -0.3 is 4.42 Å². The Kier molecular flexibility index (Phi) is 2.54. The van der Waals surface area contributed by atoms with Gasteiger partial charge in [-0.3, -0.25) is 0 Å². The van der Waals surface area contributed by atoms with Gasteiger partial charge in [0, 0.05) is 11.0 Å². The maximum atomic E-state index is 5.65. The van der Waals surface area contributed by atoms with Crippen LogP contribution in [0.15, 0.2) is 28.7 Å². The zero-order valence-electron chi connectivity index (χ0n) is 10.1. The third kappa shape index (κ3) is 2.13. The quantitative estimate of drug-likeness (QED) is 0.733. The summed E-state index contributed by atoms with van der Waals surface area (Å²) >= 11 is 0. The standard InChI is InChI=1S/C13H16N2O/c1-9-5-7-10(8-6-9)11-14-15-12(16-11)13(2,3)4/h5-8H,1-4H3. The first-order chi connectivity index (χ1) is 7.47. The van der Waals surface area contributed by atoms with Crippen LogP contribution in [0.5, 0.6) is 0 Å². The van der Waals surface area contributed by atoms with E-state index in [0.717, 1.165) is 5.56 Å². The van der Waals surface area contributed by atoms with Crippen molar-refractivity contribution in [2.45, 2.75) is 33.1 Å². The van der Waals surface area contributed by atoms with Crippen molar-refractivity contribution in [3.8, 4) is 11.5 Å². The second-order valence-electron chi connectivity index (χ2n) is 5.03. The Balaban J connectivity index is 2.35. The molecule has 0 spiro atoms. The number of hydrogen-bond donors (Lipinski definition) is 0. The van der Waals surface area contributed by atoms with E-state index in [4.69, 9.17) is 4.42 Å². The van der Waals surface area contributed by atoms with Gasteiger partial charge in [0.05, 0.1) is 0 Å². The summed E-state index contributed by atoms with van der Waals surface area (Å²) in [7, 11) is 0. The summed E-state index contributed by atoms with van der Waals surface area (Å²) < 4.78 is 5.65. The molecule has 0 N–H and O–H groups in total. The summed E-state index contributed by atoms with van der Waals surface area (Å²) in [6.07, 6.45) is 0. The van der Waals surface area contributed by atoms with Gasteiger partial charge in [0.2, 0.25) is 11.8 Å². The highest BCUT2D eigenvalue weighted by Crippen LogP contribution is 2.25. The maximum absolute atomic E-state index is 5.65. The average molecular weight is 216 g/mol. The number of hydrogen-bond acceptors (Lipinski definition) is 3. The van der Waals surface area contributed by atoms with E-state index in [-0.39, 0.29) is 5.41 Å². The van der Waals surface area contributed by atoms with Crippen LogP contribution in [0.1, 0.15) is 32.2 Å². The number of aromatic nitrogens is 2. The SMILES string of the molecule is Cc1ccc(-c2nnc(C(C)(C)C)o2)cc1. The minimum Gasteiger partial charge on any atom is -0.420 e. The summed E-state index contributed by atoms with van der Waals surface area (Å²) in [5, 5.41) is 8.14. The predicted octanol–water partition coefficient (Wildman–Crippen LogP) is 3.34. The van der Waals surface area contributed by atoms with E-state index in [1.165, 1.54) is 5.56 Å². The monoisotopic (exact) mass is 216 g/mol. The Hall–Kier alpha value is -1.64. The summed E-state index contributed by atoms with van der Waals surface area (Å²) in [6, 6.07) is 8.07. The highest BCUT2D eigenvalue weighted by Gasteiger charge is 2.21. The molecule has 0 saturated heterocycles. The minimum absolute atomic E-state index is 0.101. The van der Waals surface area contributed by atoms with E-state index in [2.05, 4.69) is 37.9 Å². The Bertz CT molecular complexity index is 477. The number of benzene rings is 1. The van der Waals surface area contributed by atoms with Gasteiger partial charge in [-0.15, -0.1) is 10.2 Å². The molecule has 1 heterocycles. The first-order valence-corrected chi connectivity index (χ1v) is 5.38. The average Bonchev–Trinajstić information content (AvgIpc) is 2.67. The van der Waals surface area contributed by atoms with Crippen LogP contribution in [-0.2, 0) is 5.41 Å². The van der Waals surface area contributed by atoms with Gasteiger partial charge in [-0.25, -0.2) is 0 Å². The summed E-state index contributed by atoms with van der Waals surface area (Å²) in [6.45, 7) is 8.22. The van der Waals surface area contributed by atoms with Gasteiger partial charge in [0.15, 0.2) is 0 Å². The lowest BCUT2D eigenvalue weighted by atomic mass is 9.97. The van der Waals surface area contributed by atoms with Gasteiger partial charge in [0.1, 0.15) is 0 Å². The Morgan fingerprint density at radius 1 is 1.00 bits per heavy atom. The summed E-state index contributed by atoms with van der Waals surface area (Å²) in [5.74, 6) is 1.26. The molecule has 1 aromatic carbocycles. The minimum atomic E-state index is -0.101. The highest BCUT2D eigenvalue weighted by molar-refractivity contribution is 5.52. The van der Waals surface area contributed by atoms with Crippen LogP contribution in [0, 0.1) is 6.92 Å². The largest absolute Gasteiger partial charge is 0.420 e. The summed E-state index contributed by atoms with van der Waals surface area (Å²) in [5.41, 5.74) is 2.09. The molecule has 0 aliphatic rings. The molecule has 3 nitrogen and oxygen atoms in total. The van der Waals surface area contributed by atoms with E-state index in [1.807, 2.05) is 24.3 Å². The van der Waals surface area contributed by atoms with Gasteiger partial charge in [-0.2, -0.15) is 0 Å². The number of nitrogens with zero attached hydrogens (tertiary/aromatic N) is 2. The second kappa shape index (κ2) is 3.74. The van der Waals surface area contributed by atoms with E-state index in [9.17, 15) is 0 Å². The van der Waals surface area contributed by atoms with Crippen molar-refractivity contribution in [3.63, 3.8) is 0 Å². The van der Waals surface area contributed by atoms with Gasteiger partial charge in [-0.1, -0.05) is 38.5 Å². The van der Waals surface area contributed by atoms with Crippen molar-refractivity contribution in [1.29, 1.82) is 0 Å². The Morgan fingerprint density at radius 2 is 1.62 bits per heavy atom. The zero-order valence-corrected chi connectivity index (χ0v) is 10.1. The van der Waals surface area contributed by atoms with Gasteiger partial charge in [0.25, 0.3) is 0 Å². The molecule has 16 heavy (non-hydrogen) atoms. The first kappa shape index (κ1) is 10.9. The van der Waals surface area contributed by atoms with Gasteiger partial charge >= 0.3 is 0 Å². The molecule has 2 rings (SSSR count). The maximum Gasteiger partial charge on any atom is 0.247 e. The molecule has 0 aliphatic carbocycles. The molecule has 2 aromatic rings. The van der Waals surface area contributed by atoms with E-state index >= 15 is 0 Å². The van der Waals surface area contributed by atoms with Crippen LogP contribution in [0.2, 0.25) is 0 Å². The lowest BCUT2D eigenvalue weighted by Crippen LogP contribution is -2.11. The summed E-state index contributed by atoms with van der Waals surface area (Å²) in [4.78, 5) is 0. The first-order valence-electron chi connectivity index (χ1n) is 5.38.